The van der Waals surface area contributed by atoms with Crippen molar-refractivity contribution in [2.24, 2.45) is 0 Å². The molecule has 0 bridgehead atoms. The molecule has 0 saturated carbocycles. The van der Waals surface area contributed by atoms with E-state index in [0.29, 0.717) is 5.56 Å². The highest BCUT2D eigenvalue weighted by Gasteiger charge is 2.36. The first-order valence-corrected chi connectivity index (χ1v) is 13.6. The van der Waals surface area contributed by atoms with Gasteiger partial charge in [-0.15, -0.1) is 13.2 Å². The van der Waals surface area contributed by atoms with Crippen molar-refractivity contribution in [2.45, 2.75) is 30.5 Å². The number of sulfone groups is 1. The number of alkyl halides is 3. The number of benzene rings is 3. The van der Waals surface area contributed by atoms with Gasteiger partial charge < -0.3 is 14.8 Å². The number of anilines is 1. The number of carbonyl (C=O) groups excluding carboxylic acids is 1. The summed E-state index contributed by atoms with van der Waals surface area (Å²) in [6.07, 6.45) is -4.92. The lowest BCUT2D eigenvalue weighted by atomic mass is 9.82. The first kappa shape index (κ1) is 29.8. The highest BCUT2D eigenvalue weighted by molar-refractivity contribution is 7.91. The lowest BCUT2D eigenvalue weighted by molar-refractivity contribution is -0.274. The lowest BCUT2D eigenvalue weighted by Gasteiger charge is -2.28. The number of halogens is 5. The van der Waals surface area contributed by atoms with E-state index < -0.39 is 33.3 Å². The standard InChI is InChI=1S/C26H24Cl2F3NO5S/c1-4-38(34,35)18-11-9-16(10-12-18)25(2,15-36-3)24(33)32-17-13-20(27)23(21(28)14-17)19-7-5-6-8-22(19)37-26(29,30)31/h5-14H,4,15H2,1-3H3,(H,32,33). The van der Waals surface area contributed by atoms with Crippen LogP contribution in [0, 0.1) is 0 Å². The quantitative estimate of drug-likeness (QED) is 0.294. The molecule has 0 aliphatic heterocycles. The van der Waals surface area contributed by atoms with Crippen LogP contribution < -0.4 is 10.1 Å². The smallest absolute Gasteiger partial charge is 0.405 e. The predicted octanol–water partition coefficient (Wildman–Crippen LogP) is 6.90. The minimum absolute atomic E-state index is 0.0176. The van der Waals surface area contributed by atoms with Crippen molar-refractivity contribution in [1.82, 2.24) is 0 Å². The molecule has 1 amide bonds. The van der Waals surface area contributed by atoms with E-state index in [-0.39, 0.29) is 44.1 Å². The van der Waals surface area contributed by atoms with Crippen LogP contribution in [0.15, 0.2) is 65.6 Å². The SMILES string of the molecule is CCS(=O)(=O)c1ccc(C(C)(COC)C(=O)Nc2cc(Cl)c(-c3ccccc3OC(F)(F)F)c(Cl)c2)cc1. The predicted molar refractivity (Wildman–Crippen MR) is 141 cm³/mol. The number of amides is 1. The van der Waals surface area contributed by atoms with Crippen molar-refractivity contribution in [2.75, 3.05) is 24.8 Å². The van der Waals surface area contributed by atoms with Crippen LogP contribution in [0.5, 0.6) is 5.75 Å². The maximum Gasteiger partial charge on any atom is 0.573 e. The number of nitrogens with one attached hydrogen (secondary N) is 1. The Morgan fingerprint density at radius 2 is 1.58 bits per heavy atom. The number of rotatable bonds is 9. The van der Waals surface area contributed by atoms with Gasteiger partial charge in [0.05, 0.1) is 32.7 Å². The minimum Gasteiger partial charge on any atom is -0.405 e. The average Bonchev–Trinajstić information content (AvgIpc) is 2.84. The van der Waals surface area contributed by atoms with Gasteiger partial charge in [0.2, 0.25) is 5.91 Å². The Balaban J connectivity index is 1.95. The zero-order valence-electron chi connectivity index (χ0n) is 20.5. The summed E-state index contributed by atoms with van der Waals surface area (Å²) in [6.45, 7) is 3.12. The largest absolute Gasteiger partial charge is 0.573 e. The van der Waals surface area contributed by atoms with Gasteiger partial charge in [-0.3, -0.25) is 4.79 Å². The van der Waals surface area contributed by atoms with Crippen molar-refractivity contribution in [3.63, 3.8) is 0 Å². The van der Waals surface area contributed by atoms with Gasteiger partial charge in [-0.25, -0.2) is 8.42 Å². The summed E-state index contributed by atoms with van der Waals surface area (Å²) < 4.78 is 72.3. The van der Waals surface area contributed by atoms with Crippen molar-refractivity contribution >= 4 is 44.6 Å². The molecule has 3 aromatic carbocycles. The second kappa shape index (κ2) is 11.5. The van der Waals surface area contributed by atoms with Crippen LogP contribution in [0.25, 0.3) is 11.1 Å². The number of methoxy groups -OCH3 is 1. The first-order valence-electron chi connectivity index (χ1n) is 11.2. The maximum absolute atomic E-state index is 13.4. The molecule has 38 heavy (non-hydrogen) atoms. The molecule has 0 saturated heterocycles. The third-order valence-electron chi connectivity index (χ3n) is 5.85. The molecule has 0 radical (unpaired) electrons. The van der Waals surface area contributed by atoms with Gasteiger partial charge in [-0.2, -0.15) is 0 Å². The summed E-state index contributed by atoms with van der Waals surface area (Å²) in [6, 6.07) is 14.1. The maximum atomic E-state index is 13.4. The highest BCUT2D eigenvalue weighted by Crippen LogP contribution is 2.43. The molecule has 3 aromatic rings. The van der Waals surface area contributed by atoms with Gasteiger partial charge in [0.15, 0.2) is 9.84 Å². The molecular formula is C26H24Cl2F3NO5S. The molecule has 3 rings (SSSR count). The van der Waals surface area contributed by atoms with E-state index in [4.69, 9.17) is 27.9 Å². The van der Waals surface area contributed by atoms with E-state index in [1.807, 2.05) is 0 Å². The summed E-state index contributed by atoms with van der Waals surface area (Å²) in [5.41, 5.74) is -0.439. The molecule has 1 atom stereocenters. The van der Waals surface area contributed by atoms with Crippen molar-refractivity contribution in [3.05, 3.63) is 76.3 Å². The highest BCUT2D eigenvalue weighted by atomic mass is 35.5. The summed E-state index contributed by atoms with van der Waals surface area (Å²) in [5.74, 6) is -1.06. The van der Waals surface area contributed by atoms with Crippen LogP contribution in [-0.4, -0.2) is 40.2 Å². The Kier molecular flexibility index (Phi) is 9.03. The van der Waals surface area contributed by atoms with Gasteiger partial charge in [0.1, 0.15) is 5.75 Å². The molecule has 0 fully saturated rings. The number of para-hydroxylation sites is 1. The van der Waals surface area contributed by atoms with Crippen LogP contribution in [-0.2, 0) is 24.8 Å². The number of carbonyl (C=O) groups is 1. The molecule has 0 aliphatic carbocycles. The molecule has 1 N–H and O–H groups in total. The summed E-state index contributed by atoms with van der Waals surface area (Å²) >= 11 is 12.8. The Hall–Kier alpha value is -2.79. The second-order valence-electron chi connectivity index (χ2n) is 8.51. The van der Waals surface area contributed by atoms with Crippen molar-refractivity contribution < 1.29 is 35.9 Å². The third-order valence-corrected chi connectivity index (χ3v) is 8.19. The summed E-state index contributed by atoms with van der Waals surface area (Å²) in [7, 11) is -2.00. The van der Waals surface area contributed by atoms with Gasteiger partial charge >= 0.3 is 6.36 Å². The van der Waals surface area contributed by atoms with Crippen molar-refractivity contribution in [3.8, 4) is 16.9 Å². The van der Waals surface area contributed by atoms with E-state index in [0.717, 1.165) is 6.07 Å². The van der Waals surface area contributed by atoms with E-state index >= 15 is 0 Å². The topological polar surface area (TPSA) is 81.7 Å². The van der Waals surface area contributed by atoms with E-state index in [1.165, 1.54) is 56.5 Å². The minimum atomic E-state index is -4.92. The molecule has 12 heteroatoms. The first-order chi connectivity index (χ1) is 17.7. The van der Waals surface area contributed by atoms with Crippen molar-refractivity contribution in [1.29, 1.82) is 0 Å². The molecule has 0 aromatic heterocycles. The Morgan fingerprint density at radius 3 is 2.11 bits per heavy atom. The van der Waals surface area contributed by atoms with Crippen LogP contribution >= 0.6 is 23.2 Å². The Labute approximate surface area is 228 Å². The van der Waals surface area contributed by atoms with E-state index in [2.05, 4.69) is 10.1 Å². The van der Waals surface area contributed by atoms with Crippen LogP contribution in [0.1, 0.15) is 19.4 Å². The van der Waals surface area contributed by atoms with Crippen LogP contribution in [0.2, 0.25) is 10.0 Å². The van der Waals surface area contributed by atoms with E-state index in [9.17, 15) is 26.4 Å². The van der Waals surface area contributed by atoms with Gasteiger partial charge in [0, 0.05) is 23.9 Å². The second-order valence-corrected chi connectivity index (χ2v) is 11.6. The fourth-order valence-corrected chi connectivity index (χ4v) is 5.40. The monoisotopic (exact) mass is 589 g/mol. The fraction of sp³-hybridized carbons (Fsp3) is 0.269. The number of ether oxygens (including phenoxy) is 2. The number of hydrogen-bond donors (Lipinski definition) is 1. The Bertz CT molecular complexity index is 1410. The lowest BCUT2D eigenvalue weighted by Crippen LogP contribution is -2.41. The molecule has 204 valence electrons. The van der Waals surface area contributed by atoms with E-state index in [1.54, 1.807) is 19.1 Å². The van der Waals surface area contributed by atoms with Gasteiger partial charge in [-0.1, -0.05) is 60.5 Å². The third kappa shape index (κ3) is 6.61. The molecular weight excluding hydrogens is 566 g/mol. The van der Waals surface area contributed by atoms with Gasteiger partial charge in [0.25, 0.3) is 0 Å². The average molecular weight is 590 g/mol. The summed E-state index contributed by atoms with van der Waals surface area (Å²) in [4.78, 5) is 13.5. The molecule has 6 nitrogen and oxygen atoms in total. The van der Waals surface area contributed by atoms with Crippen LogP contribution in [0.3, 0.4) is 0 Å². The van der Waals surface area contributed by atoms with Gasteiger partial charge in [-0.05, 0) is 42.8 Å². The molecule has 1 unspecified atom stereocenters. The fourth-order valence-electron chi connectivity index (χ4n) is 3.82. The molecule has 0 aliphatic rings. The zero-order chi connectivity index (χ0) is 28.3. The zero-order valence-corrected chi connectivity index (χ0v) is 22.9. The normalized spacial score (nSPS) is 13.6. The molecule has 0 spiro atoms. The van der Waals surface area contributed by atoms with Crippen LogP contribution in [0.4, 0.5) is 18.9 Å². The Morgan fingerprint density at radius 1 is 1.00 bits per heavy atom. The molecule has 0 heterocycles. The summed E-state index contributed by atoms with van der Waals surface area (Å²) in [5, 5.41) is 2.68. The number of hydrogen-bond acceptors (Lipinski definition) is 5.